The first-order valence-electron chi connectivity index (χ1n) is 7.11. The van der Waals surface area contributed by atoms with E-state index in [0.29, 0.717) is 31.7 Å². The molecule has 8 heteroatoms. The van der Waals surface area contributed by atoms with E-state index in [0.717, 1.165) is 0 Å². The molecule has 1 aliphatic rings. The minimum atomic E-state index is -0.523. The number of hydrogen-bond donors (Lipinski definition) is 2. The third kappa shape index (κ3) is 3.64. The van der Waals surface area contributed by atoms with Crippen LogP contribution in [0.5, 0.6) is 0 Å². The maximum atomic E-state index is 12.2. The summed E-state index contributed by atoms with van der Waals surface area (Å²) in [6.07, 6.45) is 2.89. The second-order valence-corrected chi connectivity index (χ2v) is 5.08. The van der Waals surface area contributed by atoms with Crippen molar-refractivity contribution in [3.05, 3.63) is 24.2 Å². The minimum Gasteiger partial charge on any atom is -0.472 e. The highest BCUT2D eigenvalue weighted by Gasteiger charge is 2.28. The van der Waals surface area contributed by atoms with Gasteiger partial charge in [-0.1, -0.05) is 0 Å². The Morgan fingerprint density at radius 1 is 1.23 bits per heavy atom. The van der Waals surface area contributed by atoms with E-state index >= 15 is 0 Å². The zero-order valence-electron chi connectivity index (χ0n) is 12.7. The molecule has 0 radical (unpaired) electrons. The lowest BCUT2D eigenvalue weighted by atomic mass is 10.2. The number of imide groups is 1. The molecule has 120 valence electrons. The van der Waals surface area contributed by atoms with Gasteiger partial charge in [-0.05, 0) is 13.0 Å². The molecule has 1 aromatic heterocycles. The lowest BCUT2D eigenvalue weighted by Crippen LogP contribution is -2.56. The van der Waals surface area contributed by atoms with Crippen molar-refractivity contribution in [2.45, 2.75) is 13.0 Å². The number of piperazine rings is 1. The molecule has 22 heavy (non-hydrogen) atoms. The van der Waals surface area contributed by atoms with Crippen LogP contribution in [0.2, 0.25) is 0 Å². The number of carbonyl (C=O) groups excluding carboxylic acids is 3. The summed E-state index contributed by atoms with van der Waals surface area (Å²) in [6.45, 7) is 3.95. The quantitative estimate of drug-likeness (QED) is 0.812. The smallest absolute Gasteiger partial charge is 0.321 e. The van der Waals surface area contributed by atoms with Crippen molar-refractivity contribution < 1.29 is 18.8 Å². The molecule has 4 amide bonds. The topological polar surface area (TPSA) is 94.9 Å². The van der Waals surface area contributed by atoms with Gasteiger partial charge in [-0.15, -0.1) is 0 Å². The molecule has 2 N–H and O–H groups in total. The molecule has 0 aliphatic carbocycles. The van der Waals surface area contributed by atoms with Crippen LogP contribution in [0.4, 0.5) is 4.79 Å². The molecule has 1 atom stereocenters. The molecule has 1 aliphatic heterocycles. The second-order valence-electron chi connectivity index (χ2n) is 5.08. The molecule has 1 fully saturated rings. The van der Waals surface area contributed by atoms with Crippen molar-refractivity contribution in [3.63, 3.8) is 0 Å². The van der Waals surface area contributed by atoms with Crippen molar-refractivity contribution in [2.24, 2.45) is 0 Å². The number of hydrogen-bond acceptors (Lipinski definition) is 5. The zero-order valence-corrected chi connectivity index (χ0v) is 12.7. The molecule has 2 rings (SSSR count). The van der Waals surface area contributed by atoms with Crippen molar-refractivity contribution in [1.29, 1.82) is 0 Å². The number of amides is 4. The first-order valence-corrected chi connectivity index (χ1v) is 7.11. The number of rotatable bonds is 3. The van der Waals surface area contributed by atoms with Gasteiger partial charge in [0.15, 0.2) is 0 Å². The molecule has 2 heterocycles. The SMILES string of the molecule is CNC(=O)NC(=O)C(C)N1CCN(C(=O)c2ccoc2)CC1. The van der Waals surface area contributed by atoms with Gasteiger partial charge in [-0.25, -0.2) is 4.79 Å². The monoisotopic (exact) mass is 308 g/mol. The van der Waals surface area contributed by atoms with Gasteiger partial charge in [-0.3, -0.25) is 19.8 Å². The molecule has 0 saturated carbocycles. The Morgan fingerprint density at radius 3 is 2.45 bits per heavy atom. The first-order chi connectivity index (χ1) is 10.5. The van der Waals surface area contributed by atoms with Crippen LogP contribution in [-0.4, -0.2) is 66.9 Å². The molecule has 8 nitrogen and oxygen atoms in total. The van der Waals surface area contributed by atoms with Crippen molar-refractivity contribution >= 4 is 17.8 Å². The molecule has 1 aromatic rings. The standard InChI is InChI=1S/C14H20N4O4/c1-10(12(19)16-14(21)15-2)17-4-6-18(7-5-17)13(20)11-3-8-22-9-11/h3,8-10H,4-7H2,1-2H3,(H2,15,16,19,21). The van der Waals surface area contributed by atoms with E-state index in [2.05, 4.69) is 10.6 Å². The summed E-state index contributed by atoms with van der Waals surface area (Å²) in [5.41, 5.74) is 0.527. The van der Waals surface area contributed by atoms with Gasteiger partial charge in [0, 0.05) is 33.2 Å². The van der Waals surface area contributed by atoms with Gasteiger partial charge in [-0.2, -0.15) is 0 Å². The van der Waals surface area contributed by atoms with Crippen molar-refractivity contribution in [1.82, 2.24) is 20.4 Å². The average Bonchev–Trinajstić information content (AvgIpc) is 3.07. The summed E-state index contributed by atoms with van der Waals surface area (Å²) in [5, 5.41) is 4.60. The Kier molecular flexibility index (Phi) is 5.16. The van der Waals surface area contributed by atoms with E-state index in [1.165, 1.54) is 19.6 Å². The van der Waals surface area contributed by atoms with Gasteiger partial charge >= 0.3 is 6.03 Å². The van der Waals surface area contributed by atoms with Gasteiger partial charge in [0.2, 0.25) is 5.91 Å². The predicted molar refractivity (Wildman–Crippen MR) is 78.2 cm³/mol. The molecular formula is C14H20N4O4. The Labute approximate surface area is 128 Å². The van der Waals surface area contributed by atoms with Crippen LogP contribution < -0.4 is 10.6 Å². The molecule has 0 bridgehead atoms. The Balaban J connectivity index is 1.85. The molecule has 1 unspecified atom stereocenters. The fourth-order valence-electron chi connectivity index (χ4n) is 2.33. The van der Waals surface area contributed by atoms with Crippen LogP contribution in [-0.2, 0) is 4.79 Å². The third-order valence-corrected chi connectivity index (χ3v) is 3.76. The van der Waals surface area contributed by atoms with E-state index in [1.54, 1.807) is 17.9 Å². The van der Waals surface area contributed by atoms with Gasteiger partial charge < -0.3 is 14.6 Å². The van der Waals surface area contributed by atoms with E-state index in [4.69, 9.17) is 4.42 Å². The van der Waals surface area contributed by atoms with Crippen LogP contribution >= 0.6 is 0 Å². The maximum absolute atomic E-state index is 12.2. The predicted octanol–water partition coefficient (Wildman–Crippen LogP) is -0.118. The minimum absolute atomic E-state index is 0.0733. The van der Waals surface area contributed by atoms with E-state index in [1.807, 2.05) is 4.90 Å². The highest BCUT2D eigenvalue weighted by Crippen LogP contribution is 2.11. The normalized spacial score (nSPS) is 16.9. The van der Waals surface area contributed by atoms with Crippen molar-refractivity contribution in [3.8, 4) is 0 Å². The summed E-state index contributed by atoms with van der Waals surface area (Å²) in [6, 6.07) is 0.683. The van der Waals surface area contributed by atoms with E-state index in [-0.39, 0.29) is 11.8 Å². The van der Waals surface area contributed by atoms with Crippen LogP contribution in [0, 0.1) is 0 Å². The van der Waals surface area contributed by atoms with E-state index in [9.17, 15) is 14.4 Å². The number of carbonyl (C=O) groups is 3. The number of furan rings is 1. The Hall–Kier alpha value is -2.35. The zero-order chi connectivity index (χ0) is 16.1. The lowest BCUT2D eigenvalue weighted by molar-refractivity contribution is -0.125. The van der Waals surface area contributed by atoms with Crippen molar-refractivity contribution in [2.75, 3.05) is 33.2 Å². The summed E-state index contributed by atoms with van der Waals surface area (Å²) < 4.78 is 4.92. The van der Waals surface area contributed by atoms with Gasteiger partial charge in [0.05, 0.1) is 17.9 Å². The number of urea groups is 1. The van der Waals surface area contributed by atoms with Crippen LogP contribution in [0.1, 0.15) is 17.3 Å². The highest BCUT2D eigenvalue weighted by atomic mass is 16.3. The van der Waals surface area contributed by atoms with Gasteiger partial charge in [0.25, 0.3) is 5.91 Å². The van der Waals surface area contributed by atoms with Gasteiger partial charge in [0.1, 0.15) is 6.26 Å². The number of nitrogens with zero attached hydrogens (tertiary/aromatic N) is 2. The van der Waals surface area contributed by atoms with Crippen LogP contribution in [0.3, 0.4) is 0 Å². The Bertz CT molecular complexity index is 535. The largest absolute Gasteiger partial charge is 0.472 e. The summed E-state index contributed by atoms with van der Waals surface area (Å²) in [7, 11) is 1.45. The second kappa shape index (κ2) is 7.08. The van der Waals surface area contributed by atoms with E-state index < -0.39 is 12.1 Å². The number of nitrogens with one attached hydrogen (secondary N) is 2. The van der Waals surface area contributed by atoms with Crippen LogP contribution in [0.15, 0.2) is 23.0 Å². The molecule has 0 spiro atoms. The first kappa shape index (κ1) is 16.0. The maximum Gasteiger partial charge on any atom is 0.321 e. The summed E-state index contributed by atoms with van der Waals surface area (Å²) >= 11 is 0. The fraction of sp³-hybridized carbons (Fsp3) is 0.500. The summed E-state index contributed by atoms with van der Waals surface area (Å²) in [4.78, 5) is 38.9. The molecule has 0 aromatic carbocycles. The third-order valence-electron chi connectivity index (χ3n) is 3.76. The molecular weight excluding hydrogens is 288 g/mol. The Morgan fingerprint density at radius 2 is 1.91 bits per heavy atom. The highest BCUT2D eigenvalue weighted by molar-refractivity contribution is 5.96. The van der Waals surface area contributed by atoms with Crippen LogP contribution in [0.25, 0.3) is 0 Å². The molecule has 1 saturated heterocycles. The summed E-state index contributed by atoms with van der Waals surface area (Å²) in [5.74, 6) is -0.426. The fourth-order valence-corrected chi connectivity index (χ4v) is 2.33. The lowest BCUT2D eigenvalue weighted by Gasteiger charge is -2.37. The average molecular weight is 308 g/mol.